The van der Waals surface area contributed by atoms with Crippen molar-refractivity contribution in [2.75, 3.05) is 6.61 Å². The molecule has 0 amide bonds. The first-order valence-corrected chi connectivity index (χ1v) is 10.1. The predicted molar refractivity (Wildman–Crippen MR) is 110 cm³/mol. The van der Waals surface area contributed by atoms with Gasteiger partial charge in [0.1, 0.15) is 11.7 Å². The van der Waals surface area contributed by atoms with Crippen molar-refractivity contribution in [1.29, 1.82) is 0 Å². The van der Waals surface area contributed by atoms with Crippen molar-refractivity contribution in [3.8, 4) is 5.75 Å². The van der Waals surface area contributed by atoms with Gasteiger partial charge in [0.05, 0.1) is 20.6 Å². The Kier molecular flexibility index (Phi) is 5.72. The van der Waals surface area contributed by atoms with E-state index in [1.54, 1.807) is 23.0 Å². The second-order valence-electron chi connectivity index (χ2n) is 6.38. The molecule has 0 spiro atoms. The van der Waals surface area contributed by atoms with Crippen LogP contribution in [0.1, 0.15) is 35.8 Å². The first-order chi connectivity index (χ1) is 13.4. The highest BCUT2D eigenvalue weighted by molar-refractivity contribution is 6.40. The number of esters is 1. The molecular weight excluding hydrogens is 446 g/mol. The summed E-state index contributed by atoms with van der Waals surface area (Å²) in [5.74, 6) is -0.583. The zero-order valence-corrected chi connectivity index (χ0v) is 17.4. The second-order valence-corrected chi connectivity index (χ2v) is 8.03. The number of ether oxygens (including phenoxy) is 2. The average molecular weight is 460 g/mol. The summed E-state index contributed by atoms with van der Waals surface area (Å²) >= 11 is 24.4. The van der Waals surface area contributed by atoms with Gasteiger partial charge >= 0.3 is 5.97 Å². The van der Waals surface area contributed by atoms with Gasteiger partial charge in [0.15, 0.2) is 5.75 Å². The van der Waals surface area contributed by atoms with Crippen molar-refractivity contribution < 1.29 is 14.3 Å². The van der Waals surface area contributed by atoms with E-state index < -0.39 is 5.97 Å². The van der Waals surface area contributed by atoms with Crippen molar-refractivity contribution in [2.45, 2.75) is 25.5 Å². The lowest BCUT2D eigenvalue weighted by molar-refractivity contribution is -0.0390. The largest absolute Gasteiger partial charge is 0.420 e. The van der Waals surface area contributed by atoms with Crippen LogP contribution in [0.3, 0.4) is 0 Å². The minimum atomic E-state index is -0.628. The number of nitrogens with zero attached hydrogens (tertiary/aromatic N) is 2. The van der Waals surface area contributed by atoms with E-state index in [0.29, 0.717) is 33.1 Å². The van der Waals surface area contributed by atoms with Crippen LogP contribution in [0.25, 0.3) is 10.9 Å². The molecule has 5 nitrogen and oxygen atoms in total. The van der Waals surface area contributed by atoms with Gasteiger partial charge < -0.3 is 9.47 Å². The van der Waals surface area contributed by atoms with E-state index in [-0.39, 0.29) is 22.0 Å². The summed E-state index contributed by atoms with van der Waals surface area (Å²) in [6.45, 7) is 0.678. The van der Waals surface area contributed by atoms with E-state index in [9.17, 15) is 4.79 Å². The summed E-state index contributed by atoms with van der Waals surface area (Å²) in [5, 5.41) is 6.14. The summed E-state index contributed by atoms with van der Waals surface area (Å²) in [6, 6.07) is 6.09. The van der Waals surface area contributed by atoms with Gasteiger partial charge in [-0.05, 0) is 43.5 Å². The number of fused-ring (bicyclic) bond motifs is 1. The van der Waals surface area contributed by atoms with Crippen LogP contribution in [0.15, 0.2) is 30.5 Å². The van der Waals surface area contributed by atoms with Crippen LogP contribution in [-0.2, 0) is 4.74 Å². The Hall–Kier alpha value is -1.50. The zero-order chi connectivity index (χ0) is 19.8. The Balaban J connectivity index is 1.71. The molecule has 1 fully saturated rings. The second kappa shape index (κ2) is 8.09. The molecule has 2 heterocycles. The molecule has 0 saturated carbocycles. The molecule has 1 aliphatic heterocycles. The smallest absolute Gasteiger partial charge is 0.344 e. The molecule has 1 atom stereocenters. The van der Waals surface area contributed by atoms with Gasteiger partial charge in [0, 0.05) is 23.2 Å². The fourth-order valence-electron chi connectivity index (χ4n) is 3.12. The molecule has 0 radical (unpaired) electrons. The van der Waals surface area contributed by atoms with Gasteiger partial charge in [-0.2, -0.15) is 5.10 Å². The van der Waals surface area contributed by atoms with Crippen molar-refractivity contribution in [1.82, 2.24) is 9.78 Å². The van der Waals surface area contributed by atoms with E-state index >= 15 is 0 Å². The standard InChI is InChI=1S/C19H14Cl4N2O3/c20-10-7-14(22)18(15(23)8-10)28-19(26)11-4-5-13(21)17-12(11)9-25(24-17)16-3-1-2-6-27-16/h4-5,7-9,16H,1-3,6H2. The van der Waals surface area contributed by atoms with Gasteiger partial charge in [-0.1, -0.05) is 46.4 Å². The topological polar surface area (TPSA) is 53.3 Å². The lowest BCUT2D eigenvalue weighted by atomic mass is 10.1. The number of rotatable bonds is 3. The maximum Gasteiger partial charge on any atom is 0.344 e. The van der Waals surface area contributed by atoms with Gasteiger partial charge in [-0.15, -0.1) is 0 Å². The Morgan fingerprint density at radius 1 is 1.11 bits per heavy atom. The average Bonchev–Trinajstić information content (AvgIpc) is 3.12. The first kappa shape index (κ1) is 19.8. The molecule has 2 aromatic carbocycles. The Labute approximate surface area is 181 Å². The SMILES string of the molecule is O=C(Oc1c(Cl)cc(Cl)cc1Cl)c1ccc(Cl)c2nn(C3CCCCO3)cc12. The number of carbonyl (C=O) groups is 1. The number of hydrogen-bond acceptors (Lipinski definition) is 4. The van der Waals surface area contributed by atoms with E-state index in [1.165, 1.54) is 12.1 Å². The van der Waals surface area contributed by atoms with Crippen molar-refractivity contribution in [3.63, 3.8) is 0 Å². The molecule has 146 valence electrons. The highest BCUT2D eigenvalue weighted by atomic mass is 35.5. The Morgan fingerprint density at radius 3 is 2.54 bits per heavy atom. The van der Waals surface area contributed by atoms with Crippen LogP contribution >= 0.6 is 46.4 Å². The summed E-state index contributed by atoms with van der Waals surface area (Å²) in [6.07, 6.45) is 4.50. The Morgan fingerprint density at radius 2 is 1.86 bits per heavy atom. The molecule has 1 unspecified atom stereocenters. The summed E-state index contributed by atoms with van der Waals surface area (Å²) in [4.78, 5) is 12.8. The van der Waals surface area contributed by atoms with Crippen LogP contribution in [-0.4, -0.2) is 22.4 Å². The van der Waals surface area contributed by atoms with E-state index in [4.69, 9.17) is 55.9 Å². The Bertz CT molecular complexity index is 1040. The maximum atomic E-state index is 12.8. The van der Waals surface area contributed by atoms with Gasteiger partial charge in [0.2, 0.25) is 0 Å². The van der Waals surface area contributed by atoms with E-state index in [1.807, 2.05) is 0 Å². The lowest BCUT2D eigenvalue weighted by Crippen LogP contribution is -2.18. The van der Waals surface area contributed by atoms with E-state index in [2.05, 4.69) is 5.10 Å². The van der Waals surface area contributed by atoms with Crippen LogP contribution in [0.5, 0.6) is 5.75 Å². The normalized spacial score (nSPS) is 17.1. The maximum absolute atomic E-state index is 12.8. The number of aromatic nitrogens is 2. The zero-order valence-electron chi connectivity index (χ0n) is 14.4. The fourth-order valence-corrected chi connectivity index (χ4v) is 4.22. The molecular formula is C19H14Cl4N2O3. The molecule has 1 aliphatic rings. The quantitative estimate of drug-likeness (QED) is 0.328. The minimum Gasteiger partial charge on any atom is -0.420 e. The predicted octanol–water partition coefficient (Wildman–Crippen LogP) is 6.57. The third-order valence-electron chi connectivity index (χ3n) is 4.47. The monoisotopic (exact) mass is 458 g/mol. The number of carbonyl (C=O) groups excluding carboxylic acids is 1. The van der Waals surface area contributed by atoms with Crippen molar-refractivity contribution in [2.24, 2.45) is 0 Å². The third-order valence-corrected chi connectivity index (χ3v) is 5.56. The molecule has 1 aromatic heterocycles. The van der Waals surface area contributed by atoms with Gasteiger partial charge in [-0.3, -0.25) is 0 Å². The van der Waals surface area contributed by atoms with Crippen molar-refractivity contribution >= 4 is 63.3 Å². The fraction of sp³-hybridized carbons (Fsp3) is 0.263. The van der Waals surface area contributed by atoms with Crippen LogP contribution in [0, 0.1) is 0 Å². The summed E-state index contributed by atoms with van der Waals surface area (Å²) in [5.41, 5.74) is 0.794. The van der Waals surface area contributed by atoms with Gasteiger partial charge in [0.25, 0.3) is 0 Å². The highest BCUT2D eigenvalue weighted by Gasteiger charge is 2.23. The lowest BCUT2D eigenvalue weighted by Gasteiger charge is -2.22. The van der Waals surface area contributed by atoms with Crippen LogP contribution in [0.4, 0.5) is 0 Å². The van der Waals surface area contributed by atoms with Crippen LogP contribution < -0.4 is 4.74 Å². The highest BCUT2D eigenvalue weighted by Crippen LogP contribution is 2.37. The number of hydrogen-bond donors (Lipinski definition) is 0. The number of benzene rings is 2. The molecule has 1 saturated heterocycles. The minimum absolute atomic E-state index is 0.0452. The molecule has 0 bridgehead atoms. The molecule has 3 aromatic rings. The molecule has 9 heteroatoms. The van der Waals surface area contributed by atoms with E-state index in [0.717, 1.165) is 19.3 Å². The molecule has 0 N–H and O–H groups in total. The van der Waals surface area contributed by atoms with Crippen LogP contribution in [0.2, 0.25) is 20.1 Å². The molecule has 0 aliphatic carbocycles. The number of halogens is 4. The summed E-state index contributed by atoms with van der Waals surface area (Å²) < 4.78 is 12.9. The molecule has 4 rings (SSSR count). The van der Waals surface area contributed by atoms with Crippen molar-refractivity contribution in [3.05, 3.63) is 56.1 Å². The summed E-state index contributed by atoms with van der Waals surface area (Å²) in [7, 11) is 0. The first-order valence-electron chi connectivity index (χ1n) is 8.59. The third kappa shape index (κ3) is 3.82. The molecule has 28 heavy (non-hydrogen) atoms. The van der Waals surface area contributed by atoms with Gasteiger partial charge in [-0.25, -0.2) is 9.48 Å².